The smallest absolute Gasteiger partial charge is 0.303 e. The molecule has 11 nitrogen and oxygen atoms in total. The zero-order valence-corrected chi connectivity index (χ0v) is 30.3. The summed E-state index contributed by atoms with van der Waals surface area (Å²) in [5.74, 6) is 0.452. The van der Waals surface area contributed by atoms with E-state index in [1.54, 1.807) is 13.8 Å². The number of aliphatic hydroxyl groups is 6. The van der Waals surface area contributed by atoms with Crippen LogP contribution in [0.25, 0.3) is 0 Å². The van der Waals surface area contributed by atoms with E-state index in [0.29, 0.717) is 12.2 Å². The minimum atomic E-state index is -1.36. The Balaban J connectivity index is 1.16. The Morgan fingerprint density at radius 3 is 2.43 bits per heavy atom. The van der Waals surface area contributed by atoms with Crippen molar-refractivity contribution in [1.29, 1.82) is 0 Å². The van der Waals surface area contributed by atoms with Gasteiger partial charge in [-0.15, -0.1) is 0 Å². The van der Waals surface area contributed by atoms with Gasteiger partial charge in [-0.05, 0) is 92.4 Å². The lowest BCUT2D eigenvalue weighted by Gasteiger charge is -2.60. The lowest BCUT2D eigenvalue weighted by molar-refractivity contribution is -0.240. The molecule has 1 saturated heterocycles. The summed E-state index contributed by atoms with van der Waals surface area (Å²) in [4.78, 5) is 12.1. The lowest BCUT2D eigenvalue weighted by Crippen LogP contribution is -2.56. The van der Waals surface area contributed by atoms with E-state index in [4.69, 9.17) is 18.9 Å². The standard InChI is InChI=1S/C38H58O11/c1-18-15-21(31(34(5,6)45)46-19(2)40)47-29-25(18)35(7)13-14-38-17-37(38)12-11-24(48-32-27(43)26(42)28(49-32)20(41)16-39)33(3,4)22(37)9-10-23(38)36(35,8)30(29)44/h10,18,20-22,24,26-28,30-32,39,41-45H,9,11-17H2,1-8H3/t18-,20-,21?,22+,24+,26-,27-,28+,30+,31-,32-,35-,36-,37-,38+/m1/s1. The summed E-state index contributed by atoms with van der Waals surface area (Å²) in [6, 6.07) is 0. The van der Waals surface area contributed by atoms with Crippen LogP contribution >= 0.6 is 0 Å². The van der Waals surface area contributed by atoms with Crippen molar-refractivity contribution in [2.75, 3.05) is 6.61 Å². The van der Waals surface area contributed by atoms with Crippen LogP contribution < -0.4 is 0 Å². The normalized spacial score (nSPS) is 49.3. The van der Waals surface area contributed by atoms with Crippen molar-refractivity contribution in [3.8, 4) is 0 Å². The maximum atomic E-state index is 12.4. The first-order valence-corrected chi connectivity index (χ1v) is 18.4. The monoisotopic (exact) mass is 690 g/mol. The van der Waals surface area contributed by atoms with Gasteiger partial charge in [0.1, 0.15) is 42.4 Å². The second-order valence-corrected chi connectivity index (χ2v) is 18.2. The molecule has 49 heavy (non-hydrogen) atoms. The molecule has 7 rings (SSSR count). The summed E-state index contributed by atoms with van der Waals surface area (Å²) < 4.78 is 24.5. The van der Waals surface area contributed by atoms with Gasteiger partial charge in [0.25, 0.3) is 0 Å². The first kappa shape index (κ1) is 35.8. The maximum Gasteiger partial charge on any atom is 0.303 e. The van der Waals surface area contributed by atoms with Crippen LogP contribution in [0.4, 0.5) is 0 Å². The fourth-order valence-corrected chi connectivity index (χ4v) is 12.5. The average Bonchev–Trinajstić information content (AvgIpc) is 3.55. The largest absolute Gasteiger partial charge is 0.488 e. The van der Waals surface area contributed by atoms with Crippen molar-refractivity contribution < 1.29 is 54.4 Å². The van der Waals surface area contributed by atoms with Crippen molar-refractivity contribution >= 4 is 5.97 Å². The number of aliphatic hydroxyl groups excluding tert-OH is 5. The molecule has 4 fully saturated rings. The van der Waals surface area contributed by atoms with Gasteiger partial charge in [-0.3, -0.25) is 4.79 Å². The summed E-state index contributed by atoms with van der Waals surface area (Å²) in [5, 5.41) is 64.2. The molecule has 5 aliphatic carbocycles. The molecule has 1 unspecified atom stereocenters. The molecule has 0 radical (unpaired) electrons. The summed E-state index contributed by atoms with van der Waals surface area (Å²) in [7, 11) is 0. The number of hydrogen-bond acceptors (Lipinski definition) is 11. The Kier molecular flexibility index (Phi) is 8.20. The van der Waals surface area contributed by atoms with E-state index >= 15 is 0 Å². The summed E-state index contributed by atoms with van der Waals surface area (Å²) in [6.45, 7) is 15.1. The highest BCUT2D eigenvalue weighted by atomic mass is 16.7. The molecule has 0 aromatic rings. The number of carbonyl (C=O) groups is 1. The van der Waals surface area contributed by atoms with Crippen molar-refractivity contribution in [3.63, 3.8) is 0 Å². The second-order valence-electron chi connectivity index (χ2n) is 18.2. The molecular weight excluding hydrogens is 632 g/mol. The first-order chi connectivity index (χ1) is 22.7. The third-order valence-electron chi connectivity index (χ3n) is 15.0. The molecule has 15 atom stereocenters. The van der Waals surface area contributed by atoms with Crippen LogP contribution in [-0.2, 0) is 23.7 Å². The molecule has 7 aliphatic rings. The Hall–Kier alpha value is -1.57. The van der Waals surface area contributed by atoms with Crippen LogP contribution in [0.2, 0.25) is 0 Å². The molecule has 0 aromatic heterocycles. The van der Waals surface area contributed by atoms with Crippen LogP contribution in [0.15, 0.2) is 23.0 Å². The van der Waals surface area contributed by atoms with E-state index < -0.39 is 72.6 Å². The quantitative estimate of drug-likeness (QED) is 0.171. The van der Waals surface area contributed by atoms with E-state index in [0.717, 1.165) is 44.1 Å². The summed E-state index contributed by atoms with van der Waals surface area (Å²) in [5.41, 5.74) is -0.0435. The molecule has 11 heteroatoms. The van der Waals surface area contributed by atoms with Gasteiger partial charge in [-0.25, -0.2) is 0 Å². The third-order valence-corrected chi connectivity index (χ3v) is 15.0. The molecule has 6 N–H and O–H groups in total. The Morgan fingerprint density at radius 2 is 1.80 bits per heavy atom. The fraction of sp³-hybridized carbons (Fsp3) is 0.868. The Morgan fingerprint density at radius 1 is 1.10 bits per heavy atom. The van der Waals surface area contributed by atoms with Gasteiger partial charge in [0.15, 0.2) is 12.4 Å². The summed E-state index contributed by atoms with van der Waals surface area (Å²) in [6.07, 6.45) is -0.419. The predicted octanol–water partition coefficient (Wildman–Crippen LogP) is 2.88. The van der Waals surface area contributed by atoms with E-state index in [1.165, 1.54) is 12.5 Å². The molecule has 0 amide bonds. The van der Waals surface area contributed by atoms with Gasteiger partial charge >= 0.3 is 5.97 Å². The number of allylic oxidation sites excluding steroid dienone is 2. The van der Waals surface area contributed by atoms with Gasteiger partial charge in [-0.2, -0.15) is 0 Å². The number of carbonyl (C=O) groups excluding carboxylic acids is 1. The van der Waals surface area contributed by atoms with Crippen molar-refractivity contribution in [1.82, 2.24) is 0 Å². The van der Waals surface area contributed by atoms with Crippen LogP contribution in [0.3, 0.4) is 0 Å². The maximum absolute atomic E-state index is 12.4. The van der Waals surface area contributed by atoms with Gasteiger partial charge in [0.2, 0.25) is 0 Å². The highest BCUT2D eigenvalue weighted by Gasteiger charge is 2.82. The van der Waals surface area contributed by atoms with Crippen LogP contribution in [-0.4, -0.2) is 104 Å². The minimum absolute atomic E-state index is 0.0477. The molecule has 2 aliphatic heterocycles. The first-order valence-electron chi connectivity index (χ1n) is 18.4. The Labute approximate surface area is 289 Å². The molecule has 0 bridgehead atoms. The van der Waals surface area contributed by atoms with E-state index in [9.17, 15) is 35.4 Å². The SMILES string of the molecule is CC(=O)O[C@H](C1C[C@@H](C)C2=C(O1)[C@H](O)[C@@]1(C)C3=CC[C@H]4C(C)(C)[C@@H](O[C@@H]5O[C@@H]([C@H](O)CO)[C@H](O)[C@H]5O)CC[C@@]45C[C@@]35CC[C@]21C)C(C)(C)O. The van der Waals surface area contributed by atoms with Crippen LogP contribution in [0.5, 0.6) is 0 Å². The van der Waals surface area contributed by atoms with Crippen molar-refractivity contribution in [2.24, 2.45) is 38.9 Å². The number of ether oxygens (including phenoxy) is 4. The van der Waals surface area contributed by atoms with E-state index in [-0.39, 0.29) is 39.6 Å². The topological polar surface area (TPSA) is 175 Å². The van der Waals surface area contributed by atoms with Crippen LogP contribution in [0.1, 0.15) is 100 Å². The lowest BCUT2D eigenvalue weighted by atomic mass is 9.44. The molecule has 276 valence electrons. The average molecular weight is 691 g/mol. The summed E-state index contributed by atoms with van der Waals surface area (Å²) >= 11 is 0. The van der Waals surface area contributed by atoms with E-state index in [2.05, 4.69) is 40.7 Å². The zero-order chi connectivity index (χ0) is 35.9. The van der Waals surface area contributed by atoms with Gasteiger partial charge in [-0.1, -0.05) is 46.3 Å². The number of hydrogen-bond donors (Lipinski definition) is 6. The third kappa shape index (κ3) is 4.65. The molecular formula is C38H58O11. The van der Waals surface area contributed by atoms with Crippen LogP contribution in [0, 0.1) is 38.9 Å². The van der Waals surface area contributed by atoms with Gasteiger partial charge in [0, 0.05) is 17.8 Å². The molecule has 3 saturated carbocycles. The Bertz CT molecular complexity index is 1430. The van der Waals surface area contributed by atoms with Crippen molar-refractivity contribution in [2.45, 2.75) is 161 Å². The van der Waals surface area contributed by atoms with Crippen molar-refractivity contribution in [3.05, 3.63) is 23.0 Å². The highest BCUT2D eigenvalue weighted by molar-refractivity contribution is 5.66. The number of rotatable bonds is 7. The van der Waals surface area contributed by atoms with E-state index in [1.807, 2.05) is 0 Å². The predicted molar refractivity (Wildman–Crippen MR) is 176 cm³/mol. The molecule has 2 spiro atoms. The second kappa shape index (κ2) is 11.2. The zero-order valence-electron chi connectivity index (χ0n) is 30.3. The minimum Gasteiger partial charge on any atom is -0.488 e. The fourth-order valence-electron chi connectivity index (χ4n) is 12.5. The highest BCUT2D eigenvalue weighted by Crippen LogP contribution is 2.88. The van der Waals surface area contributed by atoms with Gasteiger partial charge < -0.3 is 49.6 Å². The molecule has 2 heterocycles. The number of esters is 1. The molecule has 0 aromatic carbocycles. The van der Waals surface area contributed by atoms with Gasteiger partial charge in [0.05, 0.1) is 18.3 Å². The number of fused-ring (bicyclic) bond motifs is 3.